The van der Waals surface area contributed by atoms with Gasteiger partial charge in [0.1, 0.15) is 0 Å². The van der Waals surface area contributed by atoms with Gasteiger partial charge in [-0.1, -0.05) is 30.3 Å². The maximum absolute atomic E-state index is 11.8. The second-order valence-corrected chi connectivity index (χ2v) is 5.92. The Hall–Kier alpha value is -1.87. The first-order valence-corrected chi connectivity index (χ1v) is 7.68. The Labute approximate surface area is 125 Å². The molecule has 1 fully saturated rings. The van der Waals surface area contributed by atoms with Gasteiger partial charge in [0, 0.05) is 36.0 Å². The number of nitrogens with zero attached hydrogens (tertiary/aromatic N) is 1. The van der Waals surface area contributed by atoms with E-state index in [4.69, 9.17) is 0 Å². The third-order valence-electron chi connectivity index (χ3n) is 4.49. The largest absolute Gasteiger partial charge is 0.364 e. The number of likely N-dealkylation sites (tertiary alicyclic amines) is 1. The number of aromatic amines is 1. The van der Waals surface area contributed by atoms with Gasteiger partial charge in [-0.3, -0.25) is 9.69 Å². The molecule has 0 unspecified atom stereocenters. The number of nitrogens with one attached hydrogen (secondary N) is 1. The lowest BCUT2D eigenvalue weighted by molar-refractivity contribution is 0.203. The van der Waals surface area contributed by atoms with E-state index in [0.29, 0.717) is 5.92 Å². The fourth-order valence-electron chi connectivity index (χ4n) is 3.22. The predicted molar refractivity (Wildman–Crippen MR) is 85.5 cm³/mol. The monoisotopic (exact) mass is 282 g/mol. The molecule has 0 atom stereocenters. The Kier molecular flexibility index (Phi) is 4.20. The highest BCUT2D eigenvalue weighted by Crippen LogP contribution is 2.28. The molecule has 21 heavy (non-hydrogen) atoms. The van der Waals surface area contributed by atoms with Crippen LogP contribution >= 0.6 is 0 Å². The fourth-order valence-corrected chi connectivity index (χ4v) is 3.22. The van der Waals surface area contributed by atoms with Crippen LogP contribution < -0.4 is 5.43 Å². The van der Waals surface area contributed by atoms with Gasteiger partial charge in [0.05, 0.1) is 0 Å². The van der Waals surface area contributed by atoms with E-state index in [0.717, 1.165) is 43.7 Å². The van der Waals surface area contributed by atoms with E-state index in [1.54, 1.807) is 12.3 Å². The Bertz CT molecular complexity index is 640. The first kappa shape index (κ1) is 14.1. The van der Waals surface area contributed by atoms with Gasteiger partial charge in [-0.15, -0.1) is 0 Å². The van der Waals surface area contributed by atoms with Crippen LogP contribution in [0.2, 0.25) is 0 Å². The fraction of sp³-hybridized carbons (Fsp3) is 0.389. The van der Waals surface area contributed by atoms with Crippen LogP contribution in [0.15, 0.2) is 47.4 Å². The zero-order valence-corrected chi connectivity index (χ0v) is 12.5. The summed E-state index contributed by atoms with van der Waals surface area (Å²) in [6.07, 6.45) is 4.02. The number of rotatable bonds is 3. The lowest BCUT2D eigenvalue weighted by atomic mass is 9.90. The summed E-state index contributed by atoms with van der Waals surface area (Å²) in [5.41, 5.74) is 3.55. The normalized spacial score (nSPS) is 17.0. The molecule has 1 aliphatic heterocycles. The highest BCUT2D eigenvalue weighted by atomic mass is 16.1. The van der Waals surface area contributed by atoms with Crippen molar-refractivity contribution < 1.29 is 0 Å². The molecule has 1 saturated heterocycles. The molecule has 0 spiro atoms. The molecule has 3 rings (SSSR count). The average Bonchev–Trinajstić information content (AvgIpc) is 2.52. The molecule has 2 heterocycles. The number of benzene rings is 1. The van der Waals surface area contributed by atoms with Crippen LogP contribution in [0, 0.1) is 6.92 Å². The Balaban J connectivity index is 1.63. The number of pyridine rings is 1. The van der Waals surface area contributed by atoms with Crippen LogP contribution in [0.3, 0.4) is 0 Å². The number of hydrogen-bond acceptors (Lipinski definition) is 2. The topological polar surface area (TPSA) is 36.1 Å². The predicted octanol–water partition coefficient (Wildman–Crippen LogP) is 3.06. The molecule has 1 aliphatic rings. The van der Waals surface area contributed by atoms with Crippen molar-refractivity contribution in [1.29, 1.82) is 0 Å². The van der Waals surface area contributed by atoms with Crippen LogP contribution in [0.4, 0.5) is 0 Å². The standard InChI is InChI=1S/C18H22N2O/c1-14-17(21)7-10-19-18(14)16-8-11-20(12-9-16)13-15-5-3-2-4-6-15/h2-7,10,16H,8-9,11-13H2,1H3,(H,19,21). The van der Waals surface area contributed by atoms with E-state index in [9.17, 15) is 4.79 Å². The highest BCUT2D eigenvalue weighted by Gasteiger charge is 2.22. The van der Waals surface area contributed by atoms with Crippen molar-refractivity contribution in [1.82, 2.24) is 9.88 Å². The molecule has 1 aromatic heterocycles. The SMILES string of the molecule is Cc1c(C2CCN(Cc3ccccc3)CC2)[nH]ccc1=O. The Morgan fingerprint density at radius 1 is 1.14 bits per heavy atom. The smallest absolute Gasteiger partial charge is 0.184 e. The van der Waals surface area contributed by atoms with Gasteiger partial charge < -0.3 is 4.98 Å². The number of piperidine rings is 1. The highest BCUT2D eigenvalue weighted by molar-refractivity contribution is 5.22. The summed E-state index contributed by atoms with van der Waals surface area (Å²) in [5.74, 6) is 0.492. The van der Waals surface area contributed by atoms with E-state index >= 15 is 0 Å². The van der Waals surface area contributed by atoms with Gasteiger partial charge >= 0.3 is 0 Å². The number of H-pyrrole nitrogens is 1. The molecule has 0 saturated carbocycles. The minimum atomic E-state index is 0.149. The quantitative estimate of drug-likeness (QED) is 0.939. The zero-order valence-electron chi connectivity index (χ0n) is 12.5. The lowest BCUT2D eigenvalue weighted by Gasteiger charge is -2.32. The Morgan fingerprint density at radius 3 is 2.57 bits per heavy atom. The lowest BCUT2D eigenvalue weighted by Crippen LogP contribution is -2.33. The summed E-state index contributed by atoms with van der Waals surface area (Å²) in [6, 6.07) is 12.2. The van der Waals surface area contributed by atoms with E-state index in [-0.39, 0.29) is 5.43 Å². The Morgan fingerprint density at radius 2 is 1.86 bits per heavy atom. The van der Waals surface area contributed by atoms with Gasteiger partial charge in [-0.05, 0) is 38.4 Å². The van der Waals surface area contributed by atoms with Crippen molar-refractivity contribution in [2.24, 2.45) is 0 Å². The van der Waals surface area contributed by atoms with Crippen molar-refractivity contribution in [2.45, 2.75) is 32.2 Å². The zero-order chi connectivity index (χ0) is 14.7. The maximum atomic E-state index is 11.8. The minimum absolute atomic E-state index is 0.149. The molecule has 1 aromatic carbocycles. The van der Waals surface area contributed by atoms with Crippen molar-refractivity contribution >= 4 is 0 Å². The van der Waals surface area contributed by atoms with Crippen LogP contribution in [0.25, 0.3) is 0 Å². The van der Waals surface area contributed by atoms with Gasteiger partial charge in [0.15, 0.2) is 5.43 Å². The molecular formula is C18H22N2O. The van der Waals surface area contributed by atoms with E-state index in [1.165, 1.54) is 5.56 Å². The average molecular weight is 282 g/mol. The molecule has 0 radical (unpaired) electrons. The van der Waals surface area contributed by atoms with Crippen molar-refractivity contribution in [3.05, 3.63) is 69.6 Å². The van der Waals surface area contributed by atoms with Crippen molar-refractivity contribution in [3.63, 3.8) is 0 Å². The first-order valence-electron chi connectivity index (χ1n) is 7.68. The third-order valence-corrected chi connectivity index (χ3v) is 4.49. The van der Waals surface area contributed by atoms with Gasteiger partial charge in [0.25, 0.3) is 0 Å². The molecule has 1 N–H and O–H groups in total. The summed E-state index contributed by atoms with van der Waals surface area (Å²) in [7, 11) is 0. The number of aromatic nitrogens is 1. The van der Waals surface area contributed by atoms with E-state index in [1.807, 2.05) is 6.92 Å². The summed E-state index contributed by atoms with van der Waals surface area (Å²) in [6.45, 7) is 5.15. The molecule has 0 amide bonds. The van der Waals surface area contributed by atoms with Crippen LogP contribution in [-0.2, 0) is 6.54 Å². The molecule has 2 aromatic rings. The van der Waals surface area contributed by atoms with E-state index in [2.05, 4.69) is 40.2 Å². The maximum Gasteiger partial charge on any atom is 0.184 e. The van der Waals surface area contributed by atoms with Crippen LogP contribution in [-0.4, -0.2) is 23.0 Å². The van der Waals surface area contributed by atoms with Crippen LogP contribution in [0.5, 0.6) is 0 Å². The second kappa shape index (κ2) is 6.27. The molecule has 0 aliphatic carbocycles. The molecule has 3 nitrogen and oxygen atoms in total. The molecule has 110 valence electrons. The number of hydrogen-bond donors (Lipinski definition) is 1. The summed E-state index contributed by atoms with van der Waals surface area (Å²) >= 11 is 0. The van der Waals surface area contributed by atoms with E-state index < -0.39 is 0 Å². The summed E-state index contributed by atoms with van der Waals surface area (Å²) in [5, 5.41) is 0. The van der Waals surface area contributed by atoms with Crippen LogP contribution in [0.1, 0.15) is 35.6 Å². The third kappa shape index (κ3) is 3.24. The first-order chi connectivity index (χ1) is 10.2. The second-order valence-electron chi connectivity index (χ2n) is 5.92. The van der Waals surface area contributed by atoms with Gasteiger partial charge in [-0.25, -0.2) is 0 Å². The molecule has 0 bridgehead atoms. The van der Waals surface area contributed by atoms with Crippen molar-refractivity contribution in [2.75, 3.05) is 13.1 Å². The van der Waals surface area contributed by atoms with Gasteiger partial charge in [0.2, 0.25) is 0 Å². The summed E-state index contributed by atoms with van der Waals surface area (Å²) in [4.78, 5) is 17.6. The van der Waals surface area contributed by atoms with Gasteiger partial charge in [-0.2, -0.15) is 0 Å². The molecule has 3 heteroatoms. The molecular weight excluding hydrogens is 260 g/mol. The minimum Gasteiger partial charge on any atom is -0.364 e. The summed E-state index contributed by atoms with van der Waals surface area (Å²) < 4.78 is 0. The van der Waals surface area contributed by atoms with Crippen molar-refractivity contribution in [3.8, 4) is 0 Å².